The van der Waals surface area contributed by atoms with E-state index in [1.165, 1.54) is 0 Å². The van der Waals surface area contributed by atoms with E-state index < -0.39 is 6.10 Å². The van der Waals surface area contributed by atoms with Crippen molar-refractivity contribution in [3.63, 3.8) is 0 Å². The van der Waals surface area contributed by atoms with Crippen LogP contribution in [0.5, 0.6) is 0 Å². The molecule has 1 atom stereocenters. The molecule has 0 bridgehead atoms. The molecule has 1 aromatic carbocycles. The number of benzene rings is 1. The highest BCUT2D eigenvalue weighted by Crippen LogP contribution is 2.20. The first-order valence-electron chi connectivity index (χ1n) is 6.86. The van der Waals surface area contributed by atoms with Crippen LogP contribution in [0, 0.1) is 18.3 Å². The third kappa shape index (κ3) is 2.58. The molecule has 0 saturated carbocycles. The lowest BCUT2D eigenvalue weighted by Gasteiger charge is -2.30. The number of carbonyl (C=O) groups is 1. The Morgan fingerprint density at radius 3 is 3.10 bits per heavy atom. The summed E-state index contributed by atoms with van der Waals surface area (Å²) < 4.78 is 5.29. The maximum Gasteiger partial charge on any atom is 0.254 e. The number of hydrogen-bond acceptors (Lipinski definition) is 4. The summed E-state index contributed by atoms with van der Waals surface area (Å²) in [5, 5.41) is 9.79. The van der Waals surface area contributed by atoms with Gasteiger partial charge in [-0.15, -0.1) is 0 Å². The molecule has 1 fully saturated rings. The van der Waals surface area contributed by atoms with Gasteiger partial charge in [0.05, 0.1) is 30.3 Å². The van der Waals surface area contributed by atoms with Crippen LogP contribution in [-0.4, -0.2) is 41.6 Å². The Bertz CT molecular complexity index is 736. The van der Waals surface area contributed by atoms with Crippen LogP contribution in [0.2, 0.25) is 0 Å². The maximum absolute atomic E-state index is 12.8. The van der Waals surface area contributed by atoms with Crippen LogP contribution >= 0.6 is 0 Å². The average Bonchev–Trinajstić information content (AvgIpc) is 2.53. The molecule has 0 radical (unpaired) electrons. The van der Waals surface area contributed by atoms with Crippen LogP contribution < -0.4 is 0 Å². The Kier molecular flexibility index (Phi) is 3.55. The van der Waals surface area contributed by atoms with E-state index in [-0.39, 0.29) is 5.91 Å². The summed E-state index contributed by atoms with van der Waals surface area (Å²) >= 11 is 0. The van der Waals surface area contributed by atoms with Crippen LogP contribution in [0.25, 0.3) is 10.9 Å². The van der Waals surface area contributed by atoms with Gasteiger partial charge in [0.2, 0.25) is 0 Å². The van der Waals surface area contributed by atoms with E-state index in [1.54, 1.807) is 4.90 Å². The number of ether oxygens (including phenoxy) is 1. The first-order chi connectivity index (χ1) is 10.2. The molecule has 0 N–H and O–H groups in total. The summed E-state index contributed by atoms with van der Waals surface area (Å²) in [4.78, 5) is 18.9. The van der Waals surface area contributed by atoms with Crippen LogP contribution in [-0.2, 0) is 4.74 Å². The van der Waals surface area contributed by atoms with Crippen LogP contribution in [0.1, 0.15) is 16.1 Å². The molecule has 1 aliphatic heterocycles. The predicted molar refractivity (Wildman–Crippen MR) is 77.7 cm³/mol. The number of amides is 1. The molecule has 1 aliphatic rings. The quantitative estimate of drug-likeness (QED) is 0.801. The van der Waals surface area contributed by atoms with E-state index >= 15 is 0 Å². The minimum atomic E-state index is -0.545. The van der Waals surface area contributed by atoms with Gasteiger partial charge in [0, 0.05) is 17.6 Å². The Hall–Kier alpha value is -2.45. The number of carbonyl (C=O) groups excluding carboxylic acids is 1. The number of fused-ring (bicyclic) bond motifs is 1. The van der Waals surface area contributed by atoms with Crippen molar-refractivity contribution in [2.45, 2.75) is 13.0 Å². The van der Waals surface area contributed by atoms with E-state index in [0.717, 1.165) is 16.6 Å². The van der Waals surface area contributed by atoms with Gasteiger partial charge in [-0.25, -0.2) is 0 Å². The number of pyridine rings is 1. The van der Waals surface area contributed by atoms with Crippen LogP contribution in [0.15, 0.2) is 30.3 Å². The zero-order valence-electron chi connectivity index (χ0n) is 11.7. The normalized spacial score (nSPS) is 18.5. The molecule has 0 aliphatic carbocycles. The highest BCUT2D eigenvalue weighted by atomic mass is 16.5. The summed E-state index contributed by atoms with van der Waals surface area (Å²) in [5.41, 5.74) is 2.25. The summed E-state index contributed by atoms with van der Waals surface area (Å²) in [6.45, 7) is 3.09. The molecular weight excluding hydrogens is 266 g/mol. The Morgan fingerprint density at radius 2 is 2.29 bits per heavy atom. The molecule has 3 rings (SSSR count). The van der Waals surface area contributed by atoms with Crippen molar-refractivity contribution in [1.29, 1.82) is 5.26 Å². The average molecular weight is 281 g/mol. The minimum absolute atomic E-state index is 0.0692. The highest BCUT2D eigenvalue weighted by Gasteiger charge is 2.26. The SMILES string of the molecule is Cc1cc(C(=O)N2CCOC(C#N)C2)c2ccccc2n1. The van der Waals surface area contributed by atoms with Crippen molar-refractivity contribution in [1.82, 2.24) is 9.88 Å². The molecule has 1 saturated heterocycles. The number of morpholine rings is 1. The number of rotatable bonds is 1. The summed E-state index contributed by atoms with van der Waals surface area (Å²) in [5.74, 6) is -0.0692. The van der Waals surface area contributed by atoms with Gasteiger partial charge in [0.1, 0.15) is 0 Å². The van der Waals surface area contributed by atoms with E-state index in [0.29, 0.717) is 25.3 Å². The van der Waals surface area contributed by atoms with Crippen molar-refractivity contribution >= 4 is 16.8 Å². The zero-order valence-corrected chi connectivity index (χ0v) is 11.7. The first kappa shape index (κ1) is 13.5. The molecule has 1 unspecified atom stereocenters. The second-order valence-electron chi connectivity index (χ2n) is 5.07. The van der Waals surface area contributed by atoms with Gasteiger partial charge in [-0.2, -0.15) is 5.26 Å². The molecule has 2 aromatic rings. The number of aryl methyl sites for hydroxylation is 1. The van der Waals surface area contributed by atoms with Crippen LogP contribution in [0.3, 0.4) is 0 Å². The van der Waals surface area contributed by atoms with Crippen molar-refractivity contribution < 1.29 is 9.53 Å². The lowest BCUT2D eigenvalue weighted by Crippen LogP contribution is -2.45. The fourth-order valence-corrected chi connectivity index (χ4v) is 2.57. The first-order valence-corrected chi connectivity index (χ1v) is 6.86. The third-order valence-corrected chi connectivity index (χ3v) is 3.57. The maximum atomic E-state index is 12.8. The van der Waals surface area contributed by atoms with Crippen molar-refractivity contribution in [3.8, 4) is 6.07 Å². The van der Waals surface area contributed by atoms with Gasteiger partial charge < -0.3 is 9.64 Å². The Morgan fingerprint density at radius 1 is 1.48 bits per heavy atom. The largest absolute Gasteiger partial charge is 0.360 e. The Balaban J connectivity index is 2.00. The molecule has 0 spiro atoms. The monoisotopic (exact) mass is 281 g/mol. The van der Waals surface area contributed by atoms with Crippen molar-refractivity contribution in [3.05, 3.63) is 41.6 Å². The van der Waals surface area contributed by atoms with Crippen molar-refractivity contribution in [2.24, 2.45) is 0 Å². The van der Waals surface area contributed by atoms with E-state index in [4.69, 9.17) is 10.00 Å². The summed E-state index contributed by atoms with van der Waals surface area (Å²) in [7, 11) is 0. The van der Waals surface area contributed by atoms with E-state index in [2.05, 4.69) is 11.1 Å². The minimum Gasteiger partial charge on any atom is -0.360 e. The molecule has 5 heteroatoms. The van der Waals surface area contributed by atoms with Gasteiger partial charge in [-0.3, -0.25) is 9.78 Å². The molecule has 5 nitrogen and oxygen atoms in total. The smallest absolute Gasteiger partial charge is 0.254 e. The van der Waals surface area contributed by atoms with E-state index in [9.17, 15) is 4.79 Å². The lowest BCUT2D eigenvalue weighted by atomic mass is 10.1. The van der Waals surface area contributed by atoms with Gasteiger partial charge in [-0.1, -0.05) is 18.2 Å². The number of aromatic nitrogens is 1. The molecule has 1 aromatic heterocycles. The lowest BCUT2D eigenvalue weighted by molar-refractivity contribution is 0.00355. The second-order valence-corrected chi connectivity index (χ2v) is 5.07. The fourth-order valence-electron chi connectivity index (χ4n) is 2.57. The Labute approximate surface area is 122 Å². The molecule has 21 heavy (non-hydrogen) atoms. The number of nitrogens with zero attached hydrogens (tertiary/aromatic N) is 3. The zero-order chi connectivity index (χ0) is 14.8. The van der Waals surface area contributed by atoms with Gasteiger partial charge in [0.15, 0.2) is 6.10 Å². The highest BCUT2D eigenvalue weighted by molar-refractivity contribution is 6.06. The fraction of sp³-hybridized carbons (Fsp3) is 0.312. The summed E-state index contributed by atoms with van der Waals surface area (Å²) in [6.07, 6.45) is -0.545. The van der Waals surface area contributed by atoms with Gasteiger partial charge >= 0.3 is 0 Å². The predicted octanol–water partition coefficient (Wildman–Crippen LogP) is 1.91. The number of hydrogen-bond donors (Lipinski definition) is 0. The molecular formula is C16H15N3O2. The number of para-hydroxylation sites is 1. The molecule has 1 amide bonds. The van der Waals surface area contributed by atoms with Crippen molar-refractivity contribution in [2.75, 3.05) is 19.7 Å². The molecule has 106 valence electrons. The van der Waals surface area contributed by atoms with Gasteiger partial charge in [0.25, 0.3) is 5.91 Å². The third-order valence-electron chi connectivity index (χ3n) is 3.57. The van der Waals surface area contributed by atoms with Gasteiger partial charge in [-0.05, 0) is 19.1 Å². The number of nitriles is 1. The standard InChI is InChI=1S/C16H15N3O2/c1-11-8-14(13-4-2-3-5-15(13)18-11)16(20)19-6-7-21-12(9-17)10-19/h2-5,8,12H,6-7,10H2,1H3. The topological polar surface area (TPSA) is 66.2 Å². The molecule has 2 heterocycles. The summed E-state index contributed by atoms with van der Waals surface area (Å²) in [6, 6.07) is 11.5. The second kappa shape index (κ2) is 5.51. The van der Waals surface area contributed by atoms with Crippen LogP contribution in [0.4, 0.5) is 0 Å². The van der Waals surface area contributed by atoms with E-state index in [1.807, 2.05) is 37.3 Å².